The summed E-state index contributed by atoms with van der Waals surface area (Å²) in [6.45, 7) is 4.37. The fourth-order valence-electron chi connectivity index (χ4n) is 3.98. The maximum Gasteiger partial charge on any atom is 0.253 e. The zero-order chi connectivity index (χ0) is 23.1. The lowest BCUT2D eigenvalue weighted by molar-refractivity contribution is 0.0761. The summed E-state index contributed by atoms with van der Waals surface area (Å²) < 4.78 is 27.8. The van der Waals surface area contributed by atoms with Crippen molar-refractivity contribution in [1.82, 2.24) is 14.5 Å². The number of hydrogen-bond donors (Lipinski definition) is 1. The van der Waals surface area contributed by atoms with Crippen molar-refractivity contribution >= 4 is 27.3 Å². The minimum absolute atomic E-state index is 0.0498. The number of rotatable bonds is 8. The van der Waals surface area contributed by atoms with Crippen LogP contribution in [0, 0.1) is 0 Å². The summed E-state index contributed by atoms with van der Waals surface area (Å²) in [7, 11) is -3.60. The lowest BCUT2D eigenvalue weighted by Gasteiger charge is -2.22. The van der Waals surface area contributed by atoms with Crippen LogP contribution >= 0.6 is 11.3 Å². The first-order valence-corrected chi connectivity index (χ1v) is 13.6. The Balaban J connectivity index is 1.32. The number of carbonyl (C=O) groups is 1. The van der Waals surface area contributed by atoms with Gasteiger partial charge >= 0.3 is 0 Å². The average molecular weight is 484 g/mol. The van der Waals surface area contributed by atoms with Gasteiger partial charge < -0.3 is 4.90 Å². The summed E-state index contributed by atoms with van der Waals surface area (Å²) >= 11 is 1.61. The number of benzene rings is 2. The molecule has 1 aromatic heterocycles. The van der Waals surface area contributed by atoms with Crippen LogP contribution in [0.4, 0.5) is 0 Å². The van der Waals surface area contributed by atoms with E-state index < -0.39 is 10.0 Å². The molecular formula is C25H29N3O3S2. The Morgan fingerprint density at radius 2 is 1.70 bits per heavy atom. The van der Waals surface area contributed by atoms with Gasteiger partial charge in [0, 0.05) is 49.7 Å². The number of nitrogens with one attached hydrogen (secondary N) is 1. The summed E-state index contributed by atoms with van der Waals surface area (Å²) in [4.78, 5) is 18.6. The molecule has 1 fully saturated rings. The molecule has 1 aliphatic rings. The highest BCUT2D eigenvalue weighted by atomic mass is 32.2. The molecule has 0 unspecified atom stereocenters. The molecule has 0 bridgehead atoms. The van der Waals surface area contributed by atoms with Crippen LogP contribution in [-0.4, -0.2) is 56.8 Å². The topological polar surface area (TPSA) is 69.7 Å². The lowest BCUT2D eigenvalue weighted by atomic mass is 10.2. The molecule has 0 spiro atoms. The molecule has 1 saturated heterocycles. The molecule has 1 amide bonds. The van der Waals surface area contributed by atoms with E-state index >= 15 is 0 Å². The van der Waals surface area contributed by atoms with Crippen LogP contribution in [0.2, 0.25) is 0 Å². The van der Waals surface area contributed by atoms with E-state index in [1.807, 2.05) is 40.6 Å². The zero-order valence-electron chi connectivity index (χ0n) is 18.5. The van der Waals surface area contributed by atoms with Crippen LogP contribution in [0.15, 0.2) is 77.0 Å². The third-order valence-electron chi connectivity index (χ3n) is 5.78. The minimum atomic E-state index is -3.60. The van der Waals surface area contributed by atoms with Gasteiger partial charge in [-0.25, -0.2) is 13.1 Å². The number of carbonyl (C=O) groups excluding carboxylic acids is 1. The van der Waals surface area contributed by atoms with E-state index in [0.29, 0.717) is 31.6 Å². The smallest absolute Gasteiger partial charge is 0.253 e. The van der Waals surface area contributed by atoms with Crippen LogP contribution in [0.3, 0.4) is 0 Å². The fraction of sp³-hybridized carbons (Fsp3) is 0.320. The Hall–Kier alpha value is -2.52. The molecule has 0 atom stereocenters. The van der Waals surface area contributed by atoms with Crippen molar-refractivity contribution in [2.24, 2.45) is 0 Å². The molecule has 4 rings (SSSR count). The Kier molecular flexibility index (Phi) is 7.93. The van der Waals surface area contributed by atoms with E-state index in [1.165, 1.54) is 17.7 Å². The van der Waals surface area contributed by atoms with Crippen molar-refractivity contribution in [3.63, 3.8) is 0 Å². The highest BCUT2D eigenvalue weighted by molar-refractivity contribution is 7.89. The fourth-order valence-corrected chi connectivity index (χ4v) is 5.72. The molecule has 0 aliphatic carbocycles. The molecule has 33 heavy (non-hydrogen) atoms. The standard InChI is InChI=1S/C25H29N3O3S2/c29-25(28-16-5-15-27(17-18-28)20-21-6-2-1-3-7-21)22-9-11-24(12-10-22)33(30,31)26-14-13-23-8-4-19-32-23/h1-4,6-12,19,26H,5,13-18,20H2. The quantitative estimate of drug-likeness (QED) is 0.531. The first kappa shape index (κ1) is 23.6. The Morgan fingerprint density at radius 1 is 0.909 bits per heavy atom. The molecule has 1 N–H and O–H groups in total. The van der Waals surface area contributed by atoms with Crippen LogP contribution in [0.1, 0.15) is 27.2 Å². The van der Waals surface area contributed by atoms with Gasteiger partial charge in [-0.15, -0.1) is 11.3 Å². The largest absolute Gasteiger partial charge is 0.337 e. The van der Waals surface area contributed by atoms with Gasteiger partial charge in [-0.3, -0.25) is 9.69 Å². The molecule has 8 heteroatoms. The van der Waals surface area contributed by atoms with Crippen molar-refractivity contribution in [3.8, 4) is 0 Å². The third kappa shape index (κ3) is 6.51. The maximum atomic E-state index is 13.0. The molecule has 1 aliphatic heterocycles. The summed E-state index contributed by atoms with van der Waals surface area (Å²) in [6, 6.07) is 20.6. The first-order valence-electron chi connectivity index (χ1n) is 11.2. The van der Waals surface area contributed by atoms with Gasteiger partial charge in [-0.05, 0) is 54.1 Å². The molecule has 2 heterocycles. The van der Waals surface area contributed by atoms with E-state index in [-0.39, 0.29) is 10.8 Å². The van der Waals surface area contributed by atoms with Gasteiger partial charge in [0.05, 0.1) is 4.90 Å². The highest BCUT2D eigenvalue weighted by Gasteiger charge is 2.21. The third-order valence-corrected chi connectivity index (χ3v) is 8.19. The monoisotopic (exact) mass is 483 g/mol. The van der Waals surface area contributed by atoms with Gasteiger partial charge in [0.15, 0.2) is 0 Å². The summed E-state index contributed by atoms with van der Waals surface area (Å²) in [5, 5.41) is 1.98. The van der Waals surface area contributed by atoms with Gasteiger partial charge in [-0.1, -0.05) is 36.4 Å². The number of thiophene rings is 1. The Bertz CT molecular complexity index is 1130. The van der Waals surface area contributed by atoms with E-state index in [4.69, 9.17) is 0 Å². The van der Waals surface area contributed by atoms with Gasteiger partial charge in [0.25, 0.3) is 5.91 Å². The highest BCUT2D eigenvalue weighted by Crippen LogP contribution is 2.15. The second kappa shape index (κ2) is 11.1. The SMILES string of the molecule is O=C(c1ccc(S(=O)(=O)NCCc2cccs2)cc1)N1CCCN(Cc2ccccc2)CC1. The van der Waals surface area contributed by atoms with Crippen molar-refractivity contribution in [2.75, 3.05) is 32.7 Å². The number of nitrogens with zero attached hydrogens (tertiary/aromatic N) is 2. The van der Waals surface area contributed by atoms with Gasteiger partial charge in [0.1, 0.15) is 0 Å². The van der Waals surface area contributed by atoms with Crippen LogP contribution in [0.25, 0.3) is 0 Å². The van der Waals surface area contributed by atoms with Crippen LogP contribution in [0.5, 0.6) is 0 Å². The van der Waals surface area contributed by atoms with Crippen LogP contribution < -0.4 is 4.72 Å². The van der Waals surface area contributed by atoms with Crippen LogP contribution in [-0.2, 0) is 23.0 Å². The second-order valence-corrected chi connectivity index (χ2v) is 11.0. The lowest BCUT2D eigenvalue weighted by Crippen LogP contribution is -2.35. The molecule has 3 aromatic rings. The Labute approximate surface area is 199 Å². The molecule has 0 saturated carbocycles. The van der Waals surface area contributed by atoms with Crippen molar-refractivity contribution in [2.45, 2.75) is 24.3 Å². The van der Waals surface area contributed by atoms with E-state index in [0.717, 1.165) is 30.9 Å². The summed E-state index contributed by atoms with van der Waals surface area (Å²) in [5.41, 5.74) is 1.79. The normalized spacial score (nSPS) is 15.3. The van der Waals surface area contributed by atoms with Crippen molar-refractivity contribution in [1.29, 1.82) is 0 Å². The molecule has 6 nitrogen and oxygen atoms in total. The van der Waals surface area contributed by atoms with E-state index in [2.05, 4.69) is 21.8 Å². The second-order valence-electron chi connectivity index (χ2n) is 8.16. The first-order chi connectivity index (χ1) is 16.0. The molecule has 0 radical (unpaired) electrons. The number of amides is 1. The van der Waals surface area contributed by atoms with Crippen molar-refractivity contribution < 1.29 is 13.2 Å². The molecular weight excluding hydrogens is 454 g/mol. The van der Waals surface area contributed by atoms with Gasteiger partial charge in [-0.2, -0.15) is 0 Å². The van der Waals surface area contributed by atoms with Crippen molar-refractivity contribution in [3.05, 3.63) is 88.1 Å². The predicted octanol–water partition coefficient (Wildman–Crippen LogP) is 3.62. The van der Waals surface area contributed by atoms with E-state index in [9.17, 15) is 13.2 Å². The molecule has 2 aromatic carbocycles. The zero-order valence-corrected chi connectivity index (χ0v) is 20.2. The number of hydrogen-bond acceptors (Lipinski definition) is 5. The minimum Gasteiger partial charge on any atom is -0.337 e. The average Bonchev–Trinajstić information content (AvgIpc) is 3.24. The molecule has 174 valence electrons. The Morgan fingerprint density at radius 3 is 2.42 bits per heavy atom. The predicted molar refractivity (Wildman–Crippen MR) is 132 cm³/mol. The maximum absolute atomic E-state index is 13.0. The summed E-state index contributed by atoms with van der Waals surface area (Å²) in [5.74, 6) is -0.0498. The van der Waals surface area contributed by atoms with E-state index in [1.54, 1.807) is 23.5 Å². The van der Waals surface area contributed by atoms with Gasteiger partial charge in [0.2, 0.25) is 10.0 Å². The number of sulfonamides is 1. The summed E-state index contributed by atoms with van der Waals surface area (Å²) in [6.07, 6.45) is 1.57.